The topological polar surface area (TPSA) is 96.5 Å². The number of ether oxygens (including phenoxy) is 1. The second-order valence-corrected chi connectivity index (χ2v) is 8.71. The fraction of sp³-hybridized carbons (Fsp3) is 0.500. The largest absolute Gasteiger partial charge is 0.453 e. The third-order valence-electron chi connectivity index (χ3n) is 5.09. The lowest BCUT2D eigenvalue weighted by Gasteiger charge is -2.30. The fourth-order valence-corrected chi connectivity index (χ4v) is 4.03. The molecule has 2 N–H and O–H groups in total. The van der Waals surface area contributed by atoms with E-state index in [0.29, 0.717) is 19.0 Å². The predicted molar refractivity (Wildman–Crippen MR) is 120 cm³/mol. The van der Waals surface area contributed by atoms with E-state index in [9.17, 15) is 9.59 Å². The number of hydrogen-bond acceptors (Lipinski definition) is 6. The van der Waals surface area contributed by atoms with Crippen molar-refractivity contribution in [2.75, 3.05) is 25.5 Å². The summed E-state index contributed by atoms with van der Waals surface area (Å²) in [6.07, 6.45) is 3.04. The first-order valence-electron chi connectivity index (χ1n) is 9.70. The van der Waals surface area contributed by atoms with E-state index in [2.05, 4.69) is 47.9 Å². The van der Waals surface area contributed by atoms with Crippen LogP contribution in [-0.4, -0.2) is 59.2 Å². The fourth-order valence-electron chi connectivity index (χ4n) is 3.51. The predicted octanol–water partition coefficient (Wildman–Crippen LogP) is 3.02. The summed E-state index contributed by atoms with van der Waals surface area (Å²) in [5.74, 6) is 0.428. The third-order valence-corrected chi connectivity index (χ3v) is 5.76. The second kappa shape index (κ2) is 9.55. The highest BCUT2D eigenvalue weighted by atomic mass is 127. The van der Waals surface area contributed by atoms with E-state index in [1.165, 1.54) is 7.11 Å². The van der Waals surface area contributed by atoms with Crippen LogP contribution in [0.3, 0.4) is 0 Å². The Hall–Kier alpha value is -2.17. The minimum Gasteiger partial charge on any atom is -0.453 e. The maximum atomic E-state index is 13.1. The second-order valence-electron chi connectivity index (χ2n) is 7.46. The highest BCUT2D eigenvalue weighted by Crippen LogP contribution is 2.21. The maximum absolute atomic E-state index is 13.1. The summed E-state index contributed by atoms with van der Waals surface area (Å²) in [6, 6.07) is 5.44. The van der Waals surface area contributed by atoms with Gasteiger partial charge in [0.2, 0.25) is 11.9 Å². The van der Waals surface area contributed by atoms with Crippen LogP contribution in [0.2, 0.25) is 0 Å². The quantitative estimate of drug-likeness (QED) is 0.579. The van der Waals surface area contributed by atoms with E-state index >= 15 is 0 Å². The van der Waals surface area contributed by atoms with Gasteiger partial charge < -0.3 is 20.3 Å². The molecule has 1 fully saturated rings. The monoisotopic (exact) mass is 511 g/mol. The molecule has 29 heavy (non-hydrogen) atoms. The molecule has 1 saturated heterocycles. The number of nitrogens with zero attached hydrogens (tertiary/aromatic N) is 3. The number of fused-ring (bicyclic) bond motifs is 1. The standard InChI is InChI=1S/C20H26IN5O3/c1-12(2)17(25-20(28)29-3)18(27)26-8-4-5-15(26)11-23-19-22-10-13-9-14(21)6-7-16(13)24-19/h6-7,9-10,12,15,17H,4-5,8,11H2,1-3H3,(H,25,28)(H,22,23,24)/t15-,17-/m0/s1. The van der Waals surface area contributed by atoms with Crippen LogP contribution >= 0.6 is 22.6 Å². The van der Waals surface area contributed by atoms with Gasteiger partial charge in [-0.25, -0.2) is 14.8 Å². The number of rotatable bonds is 6. The van der Waals surface area contributed by atoms with Gasteiger partial charge in [-0.1, -0.05) is 13.8 Å². The van der Waals surface area contributed by atoms with Gasteiger partial charge in [0.15, 0.2) is 0 Å². The van der Waals surface area contributed by atoms with Crippen LogP contribution in [0.5, 0.6) is 0 Å². The van der Waals surface area contributed by atoms with Crippen molar-refractivity contribution < 1.29 is 14.3 Å². The van der Waals surface area contributed by atoms with Crippen LogP contribution in [0.25, 0.3) is 10.9 Å². The van der Waals surface area contributed by atoms with Crippen molar-refractivity contribution in [3.8, 4) is 0 Å². The Balaban J connectivity index is 1.66. The van der Waals surface area contributed by atoms with E-state index < -0.39 is 12.1 Å². The van der Waals surface area contributed by atoms with Crippen molar-refractivity contribution in [1.82, 2.24) is 20.2 Å². The lowest BCUT2D eigenvalue weighted by Crippen LogP contribution is -2.53. The molecule has 156 valence electrons. The number of halogens is 1. The Kier molecular flexibility index (Phi) is 7.09. The van der Waals surface area contributed by atoms with E-state index in [0.717, 1.165) is 27.3 Å². The number of methoxy groups -OCH3 is 1. The average Bonchev–Trinajstić information content (AvgIpc) is 3.18. The summed E-state index contributed by atoms with van der Waals surface area (Å²) in [6.45, 7) is 5.05. The van der Waals surface area contributed by atoms with Crippen LogP contribution in [0, 0.1) is 9.49 Å². The number of anilines is 1. The molecule has 0 aliphatic carbocycles. The summed E-state index contributed by atoms with van der Waals surface area (Å²) in [7, 11) is 1.30. The number of carbonyl (C=O) groups is 2. The number of nitrogens with one attached hydrogen (secondary N) is 2. The molecule has 0 spiro atoms. The van der Waals surface area contributed by atoms with Crippen molar-refractivity contribution in [3.05, 3.63) is 28.0 Å². The number of benzene rings is 1. The smallest absolute Gasteiger partial charge is 0.407 e. The molecule has 0 saturated carbocycles. The number of hydrogen-bond donors (Lipinski definition) is 2. The summed E-state index contributed by atoms with van der Waals surface area (Å²) in [4.78, 5) is 35.5. The summed E-state index contributed by atoms with van der Waals surface area (Å²) in [5, 5.41) is 6.93. The molecule has 0 bridgehead atoms. The zero-order chi connectivity index (χ0) is 21.0. The minimum atomic E-state index is -0.609. The summed E-state index contributed by atoms with van der Waals surface area (Å²) in [5.41, 5.74) is 0.879. The highest BCUT2D eigenvalue weighted by Gasteiger charge is 2.35. The lowest BCUT2D eigenvalue weighted by molar-refractivity contribution is -0.135. The lowest BCUT2D eigenvalue weighted by atomic mass is 10.0. The van der Waals surface area contributed by atoms with Gasteiger partial charge in [-0.05, 0) is 59.5 Å². The van der Waals surface area contributed by atoms with E-state index in [4.69, 9.17) is 0 Å². The van der Waals surface area contributed by atoms with Crippen molar-refractivity contribution in [2.24, 2.45) is 5.92 Å². The Morgan fingerprint density at radius 3 is 2.90 bits per heavy atom. The van der Waals surface area contributed by atoms with Gasteiger partial charge in [-0.3, -0.25) is 4.79 Å². The molecule has 3 rings (SSSR count). The van der Waals surface area contributed by atoms with Crippen LogP contribution in [-0.2, 0) is 9.53 Å². The third kappa shape index (κ3) is 5.26. The molecular formula is C20H26IN5O3. The Morgan fingerprint density at radius 2 is 2.17 bits per heavy atom. The summed E-state index contributed by atoms with van der Waals surface area (Å²) >= 11 is 2.26. The van der Waals surface area contributed by atoms with Crippen molar-refractivity contribution in [1.29, 1.82) is 0 Å². The van der Waals surface area contributed by atoms with Crippen molar-refractivity contribution in [2.45, 2.75) is 38.8 Å². The molecule has 0 radical (unpaired) electrons. The molecule has 1 aliphatic rings. The summed E-state index contributed by atoms with van der Waals surface area (Å²) < 4.78 is 5.81. The van der Waals surface area contributed by atoms with Crippen molar-refractivity contribution >= 4 is 51.4 Å². The molecule has 2 amide bonds. The molecule has 2 heterocycles. The normalized spacial score (nSPS) is 17.4. The minimum absolute atomic E-state index is 0.0271. The number of likely N-dealkylation sites (tertiary alicyclic amines) is 1. The molecular weight excluding hydrogens is 485 g/mol. The van der Waals surface area contributed by atoms with Gasteiger partial charge in [0.05, 0.1) is 12.6 Å². The van der Waals surface area contributed by atoms with Gasteiger partial charge in [0.1, 0.15) is 6.04 Å². The van der Waals surface area contributed by atoms with E-state index in [1.807, 2.05) is 36.9 Å². The van der Waals surface area contributed by atoms with Crippen LogP contribution in [0.4, 0.5) is 10.7 Å². The first-order valence-corrected chi connectivity index (χ1v) is 10.8. The first-order chi connectivity index (χ1) is 13.9. The maximum Gasteiger partial charge on any atom is 0.407 e. The molecule has 1 aliphatic heterocycles. The molecule has 1 aromatic carbocycles. The number of aromatic nitrogens is 2. The molecule has 8 nitrogen and oxygen atoms in total. The average molecular weight is 511 g/mol. The molecule has 1 aromatic heterocycles. The number of amides is 2. The zero-order valence-electron chi connectivity index (χ0n) is 16.8. The number of carbonyl (C=O) groups excluding carboxylic acids is 2. The zero-order valence-corrected chi connectivity index (χ0v) is 19.0. The molecule has 9 heteroatoms. The van der Waals surface area contributed by atoms with Gasteiger partial charge in [-0.15, -0.1) is 0 Å². The van der Waals surface area contributed by atoms with Gasteiger partial charge in [0.25, 0.3) is 0 Å². The highest BCUT2D eigenvalue weighted by molar-refractivity contribution is 14.1. The van der Waals surface area contributed by atoms with E-state index in [1.54, 1.807) is 6.20 Å². The van der Waals surface area contributed by atoms with Crippen LogP contribution < -0.4 is 10.6 Å². The molecule has 0 unspecified atom stereocenters. The Labute approximate surface area is 183 Å². The SMILES string of the molecule is COC(=O)N[C@H](C(=O)N1CCC[C@H]1CNc1ncc2cc(I)ccc2n1)C(C)C. The van der Waals surface area contributed by atoms with Crippen molar-refractivity contribution in [3.63, 3.8) is 0 Å². The molecule has 2 atom stereocenters. The van der Waals surface area contributed by atoms with E-state index in [-0.39, 0.29) is 17.9 Å². The van der Waals surface area contributed by atoms with Crippen LogP contribution in [0.1, 0.15) is 26.7 Å². The Morgan fingerprint density at radius 1 is 1.38 bits per heavy atom. The van der Waals surface area contributed by atoms with Gasteiger partial charge >= 0.3 is 6.09 Å². The first kappa shape index (κ1) is 21.5. The van der Waals surface area contributed by atoms with Gasteiger partial charge in [0, 0.05) is 34.3 Å². The molecule has 2 aromatic rings. The van der Waals surface area contributed by atoms with Gasteiger partial charge in [-0.2, -0.15) is 0 Å². The Bertz CT molecular complexity index is 892. The number of alkyl carbamates (subject to hydrolysis) is 1. The van der Waals surface area contributed by atoms with Crippen LogP contribution in [0.15, 0.2) is 24.4 Å².